The number of nitrogens with zero attached hydrogens (tertiary/aromatic N) is 3. The largest absolute Gasteiger partial charge is 0.331 e. The summed E-state index contributed by atoms with van der Waals surface area (Å²) >= 11 is 0. The first-order chi connectivity index (χ1) is 14.9. The summed E-state index contributed by atoms with van der Waals surface area (Å²) in [7, 11) is 1.75. The van der Waals surface area contributed by atoms with Crippen molar-refractivity contribution in [2.75, 3.05) is 11.9 Å². The quantitative estimate of drug-likeness (QED) is 0.524. The number of aromatic nitrogens is 2. The Balaban J connectivity index is 1.27. The summed E-state index contributed by atoms with van der Waals surface area (Å²) in [5.41, 5.74) is 0.334. The van der Waals surface area contributed by atoms with Gasteiger partial charge in [-0.05, 0) is 43.5 Å². The smallest absolute Gasteiger partial charge is 0.325 e. The number of amides is 4. The average Bonchev–Trinajstić information content (AvgIpc) is 3.45. The van der Waals surface area contributed by atoms with Crippen LogP contribution in [0.3, 0.4) is 0 Å². The number of hydrogen-bond acceptors (Lipinski definition) is 5. The molecule has 1 aliphatic carbocycles. The number of anilines is 1. The van der Waals surface area contributed by atoms with E-state index in [1.54, 1.807) is 48.3 Å². The Labute approximate surface area is 179 Å². The molecule has 4 rings (SSSR count). The van der Waals surface area contributed by atoms with E-state index in [0.29, 0.717) is 36.3 Å². The van der Waals surface area contributed by atoms with Crippen molar-refractivity contribution >= 4 is 29.3 Å². The van der Waals surface area contributed by atoms with Crippen LogP contribution in [0.1, 0.15) is 54.7 Å². The molecule has 1 saturated carbocycles. The predicted molar refractivity (Wildman–Crippen MR) is 112 cm³/mol. The lowest BCUT2D eigenvalue weighted by atomic mass is 9.98. The van der Waals surface area contributed by atoms with E-state index >= 15 is 0 Å². The van der Waals surface area contributed by atoms with Crippen LogP contribution in [0.4, 0.5) is 10.5 Å². The number of imide groups is 1. The third-order valence-corrected chi connectivity index (χ3v) is 5.94. The van der Waals surface area contributed by atoms with Crippen LogP contribution >= 0.6 is 0 Å². The van der Waals surface area contributed by atoms with E-state index in [-0.39, 0.29) is 36.6 Å². The third kappa shape index (κ3) is 4.08. The molecule has 2 aliphatic rings. The van der Waals surface area contributed by atoms with Gasteiger partial charge in [0.15, 0.2) is 5.82 Å². The molecule has 2 N–H and O–H groups in total. The Morgan fingerprint density at radius 2 is 1.87 bits per heavy atom. The molecule has 0 radical (unpaired) electrons. The molecule has 1 spiro atoms. The number of ketones is 1. The fourth-order valence-electron chi connectivity index (χ4n) is 4.24. The van der Waals surface area contributed by atoms with E-state index in [2.05, 4.69) is 15.6 Å². The molecule has 162 valence electrons. The van der Waals surface area contributed by atoms with Crippen molar-refractivity contribution in [3.63, 3.8) is 0 Å². The molecule has 31 heavy (non-hydrogen) atoms. The summed E-state index contributed by atoms with van der Waals surface area (Å²) in [6.07, 6.45) is 7.08. The minimum absolute atomic E-state index is 0.164. The molecule has 0 unspecified atom stereocenters. The second-order valence-corrected chi connectivity index (χ2v) is 8.10. The number of hydrogen-bond donors (Lipinski definition) is 2. The summed E-state index contributed by atoms with van der Waals surface area (Å²) in [5, 5.41) is 5.61. The molecule has 0 bridgehead atoms. The number of urea groups is 1. The lowest BCUT2D eigenvalue weighted by molar-refractivity contribution is -0.131. The molecule has 0 atom stereocenters. The van der Waals surface area contributed by atoms with E-state index in [1.165, 1.54) is 4.90 Å². The Kier molecular flexibility index (Phi) is 5.58. The minimum Gasteiger partial charge on any atom is -0.331 e. The average molecular weight is 423 g/mol. The van der Waals surface area contributed by atoms with Crippen molar-refractivity contribution in [2.45, 2.75) is 44.1 Å². The highest BCUT2D eigenvalue weighted by Gasteiger charge is 2.52. The van der Waals surface area contributed by atoms with Crippen LogP contribution in [0.2, 0.25) is 0 Å². The van der Waals surface area contributed by atoms with Gasteiger partial charge < -0.3 is 15.2 Å². The molecule has 4 amide bonds. The maximum Gasteiger partial charge on any atom is 0.325 e. The lowest BCUT2D eigenvalue weighted by Gasteiger charge is -2.19. The number of imidazole rings is 1. The second-order valence-electron chi connectivity index (χ2n) is 8.10. The molecule has 2 fully saturated rings. The molecular weight excluding hydrogens is 398 g/mol. The van der Waals surface area contributed by atoms with Gasteiger partial charge >= 0.3 is 6.03 Å². The van der Waals surface area contributed by atoms with Gasteiger partial charge in [0.1, 0.15) is 5.54 Å². The minimum atomic E-state index is -0.715. The first-order valence-electron chi connectivity index (χ1n) is 10.5. The molecule has 1 aromatic heterocycles. The molecule has 9 heteroatoms. The summed E-state index contributed by atoms with van der Waals surface area (Å²) < 4.78 is 1.65. The van der Waals surface area contributed by atoms with Gasteiger partial charge in [0.25, 0.3) is 5.91 Å². The number of nitrogens with one attached hydrogen (secondary N) is 2. The third-order valence-electron chi connectivity index (χ3n) is 5.94. The number of rotatable bonds is 7. The standard InChI is InChI=1S/C22H25N5O4/c1-26-14-12-23-19(26)18(29)15-6-8-16(9-7-15)24-17(28)5-4-13-27-20(30)22(25-21(27)31)10-2-3-11-22/h6-9,12,14H,2-5,10-11,13H2,1H3,(H,24,28)(H,25,31). The van der Waals surface area contributed by atoms with E-state index in [9.17, 15) is 19.2 Å². The van der Waals surface area contributed by atoms with Crippen molar-refractivity contribution in [3.8, 4) is 0 Å². The molecule has 1 saturated heterocycles. The van der Waals surface area contributed by atoms with Crippen LogP contribution in [0.25, 0.3) is 0 Å². The van der Waals surface area contributed by atoms with Gasteiger partial charge in [0.05, 0.1) is 0 Å². The monoisotopic (exact) mass is 423 g/mol. The Bertz CT molecular complexity index is 1020. The zero-order valence-electron chi connectivity index (χ0n) is 17.4. The fourth-order valence-corrected chi connectivity index (χ4v) is 4.24. The van der Waals surface area contributed by atoms with Crippen LogP contribution in [-0.2, 0) is 16.6 Å². The molecule has 1 aromatic carbocycles. The maximum absolute atomic E-state index is 12.6. The highest BCUT2D eigenvalue weighted by atomic mass is 16.2. The summed E-state index contributed by atoms with van der Waals surface area (Å²) in [4.78, 5) is 54.8. The van der Waals surface area contributed by atoms with E-state index < -0.39 is 5.54 Å². The van der Waals surface area contributed by atoms with Crippen LogP contribution in [0.15, 0.2) is 36.7 Å². The van der Waals surface area contributed by atoms with Crippen molar-refractivity contribution in [1.82, 2.24) is 19.8 Å². The normalized spacial score (nSPS) is 17.3. The molecule has 2 aromatic rings. The van der Waals surface area contributed by atoms with Gasteiger partial charge in [-0.25, -0.2) is 9.78 Å². The summed E-state index contributed by atoms with van der Waals surface area (Å²) in [5.74, 6) is -0.232. The Morgan fingerprint density at radius 3 is 2.52 bits per heavy atom. The molecule has 2 heterocycles. The first kappa shape index (κ1) is 20.8. The van der Waals surface area contributed by atoms with Gasteiger partial charge in [-0.3, -0.25) is 19.3 Å². The highest BCUT2D eigenvalue weighted by molar-refractivity contribution is 6.07. The van der Waals surface area contributed by atoms with Crippen LogP contribution in [0.5, 0.6) is 0 Å². The highest BCUT2D eigenvalue weighted by Crippen LogP contribution is 2.35. The predicted octanol–water partition coefficient (Wildman–Crippen LogP) is 2.23. The summed E-state index contributed by atoms with van der Waals surface area (Å²) in [6, 6.07) is 6.24. The first-order valence-corrected chi connectivity index (χ1v) is 10.5. The molecule has 1 aliphatic heterocycles. The van der Waals surface area contributed by atoms with Crippen LogP contribution in [0, 0.1) is 0 Å². The SMILES string of the molecule is Cn1ccnc1C(=O)c1ccc(NC(=O)CCCN2C(=O)NC3(CCCC3)C2=O)cc1. The maximum atomic E-state index is 12.6. The van der Waals surface area contributed by atoms with Gasteiger partial charge in [-0.15, -0.1) is 0 Å². The number of benzene rings is 1. The van der Waals surface area contributed by atoms with E-state index in [4.69, 9.17) is 0 Å². The van der Waals surface area contributed by atoms with Gasteiger partial charge in [-0.2, -0.15) is 0 Å². The summed E-state index contributed by atoms with van der Waals surface area (Å²) in [6.45, 7) is 0.219. The second kappa shape index (κ2) is 8.33. The topological polar surface area (TPSA) is 113 Å². The number of carbonyl (C=O) groups excluding carboxylic acids is 4. The molecule has 9 nitrogen and oxygen atoms in total. The van der Waals surface area contributed by atoms with Crippen LogP contribution in [-0.4, -0.2) is 50.2 Å². The Morgan fingerprint density at radius 1 is 1.16 bits per heavy atom. The zero-order chi connectivity index (χ0) is 22.0. The number of aryl methyl sites for hydroxylation is 1. The Hall–Kier alpha value is -3.49. The van der Waals surface area contributed by atoms with Crippen molar-refractivity contribution in [2.24, 2.45) is 7.05 Å². The van der Waals surface area contributed by atoms with Crippen molar-refractivity contribution < 1.29 is 19.2 Å². The van der Waals surface area contributed by atoms with E-state index in [1.807, 2.05) is 0 Å². The van der Waals surface area contributed by atoms with Crippen LogP contribution < -0.4 is 10.6 Å². The lowest BCUT2D eigenvalue weighted by Crippen LogP contribution is -2.44. The molecular formula is C22H25N5O4. The van der Waals surface area contributed by atoms with E-state index in [0.717, 1.165) is 12.8 Å². The van der Waals surface area contributed by atoms with Gasteiger partial charge in [0, 0.05) is 43.7 Å². The fraction of sp³-hybridized carbons (Fsp3) is 0.409. The van der Waals surface area contributed by atoms with Crippen molar-refractivity contribution in [1.29, 1.82) is 0 Å². The zero-order valence-corrected chi connectivity index (χ0v) is 17.4. The van der Waals surface area contributed by atoms with Gasteiger partial charge in [-0.1, -0.05) is 12.8 Å². The van der Waals surface area contributed by atoms with Crippen molar-refractivity contribution in [3.05, 3.63) is 48.0 Å². The number of carbonyl (C=O) groups is 4. The van der Waals surface area contributed by atoms with Gasteiger partial charge in [0.2, 0.25) is 11.7 Å².